The molecule has 0 aliphatic carbocycles. The summed E-state index contributed by atoms with van der Waals surface area (Å²) >= 11 is 0. The first-order valence-electron chi connectivity index (χ1n) is 9.97. The number of carbonyl (C=O) groups excluding carboxylic acids is 2. The number of rotatable bonds is 6. The SMILES string of the molecule is Cn1c(CCNC(=O)c2cccc(F)c2)nc2cc(NC(=O)c3ccc(F)cc3)ccc21. The molecule has 8 heteroatoms. The predicted octanol–water partition coefficient (Wildman–Crippen LogP) is 4.08. The zero-order valence-electron chi connectivity index (χ0n) is 17.2. The van der Waals surface area contributed by atoms with Crippen LogP contribution in [0.3, 0.4) is 0 Å². The minimum absolute atomic E-state index is 0.261. The number of amides is 2. The number of imidazole rings is 1. The Hall–Kier alpha value is -4.07. The molecule has 0 bridgehead atoms. The second-order valence-electron chi connectivity index (χ2n) is 7.27. The lowest BCUT2D eigenvalue weighted by Gasteiger charge is -2.06. The molecule has 0 aliphatic rings. The fourth-order valence-corrected chi connectivity index (χ4v) is 3.38. The minimum atomic E-state index is -0.463. The minimum Gasteiger partial charge on any atom is -0.352 e. The van der Waals surface area contributed by atoms with Crippen molar-refractivity contribution < 1.29 is 18.4 Å². The smallest absolute Gasteiger partial charge is 0.255 e. The third kappa shape index (κ3) is 4.64. The Labute approximate surface area is 182 Å². The Morgan fingerprint density at radius 2 is 1.69 bits per heavy atom. The Morgan fingerprint density at radius 3 is 2.44 bits per heavy atom. The van der Waals surface area contributed by atoms with E-state index in [1.165, 1.54) is 42.5 Å². The zero-order chi connectivity index (χ0) is 22.7. The highest BCUT2D eigenvalue weighted by molar-refractivity contribution is 6.05. The molecule has 162 valence electrons. The summed E-state index contributed by atoms with van der Waals surface area (Å²) in [7, 11) is 1.87. The van der Waals surface area contributed by atoms with Crippen LogP contribution in [-0.2, 0) is 13.5 Å². The first kappa shape index (κ1) is 21.2. The first-order chi connectivity index (χ1) is 15.4. The van der Waals surface area contributed by atoms with Gasteiger partial charge in [-0.3, -0.25) is 9.59 Å². The number of aryl methyl sites for hydroxylation is 1. The van der Waals surface area contributed by atoms with Gasteiger partial charge in [0, 0.05) is 36.8 Å². The molecule has 1 heterocycles. The average molecular weight is 434 g/mol. The van der Waals surface area contributed by atoms with Crippen LogP contribution in [0.15, 0.2) is 66.7 Å². The van der Waals surface area contributed by atoms with Crippen molar-refractivity contribution in [2.45, 2.75) is 6.42 Å². The highest BCUT2D eigenvalue weighted by atomic mass is 19.1. The van der Waals surface area contributed by atoms with Gasteiger partial charge in [0.2, 0.25) is 0 Å². The Morgan fingerprint density at radius 1 is 0.906 bits per heavy atom. The van der Waals surface area contributed by atoms with Crippen molar-refractivity contribution in [1.82, 2.24) is 14.9 Å². The molecule has 2 amide bonds. The van der Waals surface area contributed by atoms with Crippen molar-refractivity contribution in [3.05, 3.63) is 95.3 Å². The highest BCUT2D eigenvalue weighted by Gasteiger charge is 2.12. The van der Waals surface area contributed by atoms with Gasteiger partial charge in [-0.25, -0.2) is 13.8 Å². The van der Waals surface area contributed by atoms with E-state index in [9.17, 15) is 18.4 Å². The topological polar surface area (TPSA) is 76.0 Å². The van der Waals surface area contributed by atoms with E-state index in [4.69, 9.17) is 0 Å². The van der Waals surface area contributed by atoms with Gasteiger partial charge in [0.05, 0.1) is 11.0 Å². The number of aromatic nitrogens is 2. The van der Waals surface area contributed by atoms with E-state index in [0.29, 0.717) is 29.7 Å². The third-order valence-corrected chi connectivity index (χ3v) is 5.06. The molecule has 32 heavy (non-hydrogen) atoms. The summed E-state index contributed by atoms with van der Waals surface area (Å²) in [4.78, 5) is 29.1. The Bertz CT molecular complexity index is 1300. The molecule has 0 fully saturated rings. The third-order valence-electron chi connectivity index (χ3n) is 5.06. The monoisotopic (exact) mass is 434 g/mol. The second-order valence-corrected chi connectivity index (χ2v) is 7.27. The van der Waals surface area contributed by atoms with E-state index in [1.54, 1.807) is 18.2 Å². The summed E-state index contributed by atoms with van der Waals surface area (Å²) in [6, 6.07) is 16.2. The molecular formula is C24H20F2N4O2. The van der Waals surface area contributed by atoms with Crippen LogP contribution in [0.5, 0.6) is 0 Å². The maximum atomic E-state index is 13.3. The maximum absolute atomic E-state index is 13.3. The van der Waals surface area contributed by atoms with Gasteiger partial charge in [0.25, 0.3) is 11.8 Å². The second kappa shape index (κ2) is 8.97. The molecule has 6 nitrogen and oxygen atoms in total. The largest absolute Gasteiger partial charge is 0.352 e. The van der Waals surface area contributed by atoms with Gasteiger partial charge in [-0.1, -0.05) is 6.07 Å². The summed E-state index contributed by atoms with van der Waals surface area (Å²) in [5.74, 6) is -0.817. The lowest BCUT2D eigenvalue weighted by molar-refractivity contribution is 0.0952. The number of halogens is 2. The van der Waals surface area contributed by atoms with Crippen LogP contribution in [0.4, 0.5) is 14.5 Å². The molecule has 0 radical (unpaired) electrons. The van der Waals surface area contributed by atoms with E-state index in [0.717, 1.165) is 11.3 Å². The van der Waals surface area contributed by atoms with Crippen LogP contribution in [0.1, 0.15) is 26.5 Å². The molecule has 0 atom stereocenters. The maximum Gasteiger partial charge on any atom is 0.255 e. The lowest BCUT2D eigenvalue weighted by Crippen LogP contribution is -2.26. The summed E-state index contributed by atoms with van der Waals surface area (Å²) in [5, 5.41) is 5.54. The Kier molecular flexibility index (Phi) is 5.93. The van der Waals surface area contributed by atoms with Crippen LogP contribution in [0.25, 0.3) is 11.0 Å². The van der Waals surface area contributed by atoms with Crippen molar-refractivity contribution in [2.24, 2.45) is 7.05 Å². The molecule has 0 aliphatic heterocycles. The molecule has 0 unspecified atom stereocenters. The molecular weight excluding hydrogens is 414 g/mol. The fraction of sp³-hybridized carbons (Fsp3) is 0.125. The quantitative estimate of drug-likeness (QED) is 0.480. The normalized spacial score (nSPS) is 10.8. The number of nitrogens with one attached hydrogen (secondary N) is 2. The molecule has 3 aromatic carbocycles. The van der Waals surface area contributed by atoms with E-state index in [2.05, 4.69) is 15.6 Å². The first-order valence-corrected chi connectivity index (χ1v) is 9.97. The van der Waals surface area contributed by atoms with E-state index in [1.807, 2.05) is 17.7 Å². The van der Waals surface area contributed by atoms with Crippen LogP contribution in [0.2, 0.25) is 0 Å². The van der Waals surface area contributed by atoms with Crippen molar-refractivity contribution in [3.63, 3.8) is 0 Å². The van der Waals surface area contributed by atoms with E-state index >= 15 is 0 Å². The van der Waals surface area contributed by atoms with Crippen LogP contribution in [0, 0.1) is 11.6 Å². The van der Waals surface area contributed by atoms with Gasteiger partial charge < -0.3 is 15.2 Å². The van der Waals surface area contributed by atoms with Gasteiger partial charge in [0.1, 0.15) is 17.5 Å². The standard InChI is InChI=1S/C24H20F2N4O2/c1-30-21-10-9-19(28-24(32)15-5-7-17(25)8-6-15)14-20(21)29-22(30)11-12-27-23(31)16-3-2-4-18(26)13-16/h2-10,13-14H,11-12H2,1H3,(H,27,31)(H,28,32). The molecule has 2 N–H and O–H groups in total. The molecule has 4 aromatic rings. The number of anilines is 1. The number of nitrogens with zero attached hydrogens (tertiary/aromatic N) is 2. The van der Waals surface area contributed by atoms with Gasteiger partial charge in [0.15, 0.2) is 0 Å². The van der Waals surface area contributed by atoms with Crippen LogP contribution < -0.4 is 10.6 Å². The summed E-state index contributed by atoms with van der Waals surface area (Å²) in [6.45, 7) is 0.334. The van der Waals surface area contributed by atoms with Gasteiger partial charge in [-0.15, -0.1) is 0 Å². The van der Waals surface area contributed by atoms with Crippen LogP contribution >= 0.6 is 0 Å². The lowest BCUT2D eigenvalue weighted by atomic mass is 10.2. The van der Waals surface area contributed by atoms with Gasteiger partial charge in [-0.05, 0) is 60.7 Å². The molecule has 4 rings (SSSR count). The van der Waals surface area contributed by atoms with E-state index in [-0.39, 0.29) is 17.4 Å². The van der Waals surface area contributed by atoms with Crippen LogP contribution in [-0.4, -0.2) is 27.9 Å². The fourth-order valence-electron chi connectivity index (χ4n) is 3.38. The Balaban J connectivity index is 1.42. The highest BCUT2D eigenvalue weighted by Crippen LogP contribution is 2.20. The summed E-state index contributed by atoms with van der Waals surface area (Å²) in [6.07, 6.45) is 0.476. The summed E-state index contributed by atoms with van der Waals surface area (Å²) < 4.78 is 28.2. The number of benzene rings is 3. The molecule has 0 saturated heterocycles. The molecule has 0 spiro atoms. The van der Waals surface area contributed by atoms with Crippen molar-refractivity contribution >= 4 is 28.5 Å². The van der Waals surface area contributed by atoms with Crippen molar-refractivity contribution in [2.75, 3.05) is 11.9 Å². The summed E-state index contributed by atoms with van der Waals surface area (Å²) in [5.41, 5.74) is 2.74. The van der Waals surface area contributed by atoms with Gasteiger partial charge >= 0.3 is 0 Å². The molecule has 0 saturated carbocycles. The number of fused-ring (bicyclic) bond motifs is 1. The number of carbonyl (C=O) groups is 2. The van der Waals surface area contributed by atoms with Crippen molar-refractivity contribution in [3.8, 4) is 0 Å². The molecule has 1 aromatic heterocycles. The van der Waals surface area contributed by atoms with Gasteiger partial charge in [-0.2, -0.15) is 0 Å². The number of hydrogen-bond donors (Lipinski definition) is 2. The van der Waals surface area contributed by atoms with E-state index < -0.39 is 11.6 Å². The number of hydrogen-bond acceptors (Lipinski definition) is 3. The average Bonchev–Trinajstić information content (AvgIpc) is 3.09. The van der Waals surface area contributed by atoms with Crippen molar-refractivity contribution in [1.29, 1.82) is 0 Å². The zero-order valence-corrected chi connectivity index (χ0v) is 17.2. The predicted molar refractivity (Wildman–Crippen MR) is 118 cm³/mol.